The number of alkyl halides is 3. The van der Waals surface area contributed by atoms with E-state index in [0.29, 0.717) is 0 Å². The Bertz CT molecular complexity index is 834. The molecule has 24 heavy (non-hydrogen) atoms. The number of rotatable bonds is 4. The van der Waals surface area contributed by atoms with Gasteiger partial charge in [-0.1, -0.05) is 11.6 Å². The number of carbonyl (C=O) groups excluding carboxylic acids is 1. The molecule has 0 saturated heterocycles. The van der Waals surface area contributed by atoms with Gasteiger partial charge in [0.05, 0.1) is 10.6 Å². The van der Waals surface area contributed by atoms with Gasteiger partial charge in [-0.05, 0) is 13.0 Å². The highest BCUT2D eigenvalue weighted by Gasteiger charge is 2.51. The minimum atomic E-state index is -6.08. The number of halogens is 4. The number of ether oxygens (including phenoxy) is 1. The lowest BCUT2D eigenvalue weighted by Crippen LogP contribution is -2.39. The molecule has 1 aromatic rings. The Kier molecular flexibility index (Phi) is 4.21. The lowest BCUT2D eigenvalue weighted by atomic mass is 9.97. The fraction of sp³-hybridized carbons (Fsp3) is 0.333. The molecular weight excluding hydrogens is 381 g/mol. The molecule has 1 aliphatic rings. The third-order valence-electron chi connectivity index (χ3n) is 3.21. The molecule has 12 heteroatoms. The van der Waals surface area contributed by atoms with Crippen molar-refractivity contribution in [1.29, 1.82) is 0 Å². The predicted octanol–water partition coefficient (Wildman–Crippen LogP) is 2.16. The zero-order valence-electron chi connectivity index (χ0n) is 11.7. The van der Waals surface area contributed by atoms with Crippen molar-refractivity contribution in [3.63, 3.8) is 0 Å². The van der Waals surface area contributed by atoms with Gasteiger partial charge >= 0.3 is 21.6 Å². The quantitative estimate of drug-likeness (QED) is 0.478. The van der Waals surface area contributed by atoms with Gasteiger partial charge in [0.25, 0.3) is 0 Å². The van der Waals surface area contributed by atoms with Crippen LogP contribution in [-0.4, -0.2) is 36.9 Å². The maximum atomic E-state index is 12.5. The fourth-order valence-corrected chi connectivity index (χ4v) is 2.80. The molecule has 132 valence electrons. The lowest BCUT2D eigenvalue weighted by Gasteiger charge is -2.17. The molecule has 1 heterocycles. The molecule has 0 amide bonds. The van der Waals surface area contributed by atoms with Crippen LogP contribution in [0.5, 0.6) is 11.5 Å². The number of carbonyl (C=O) groups is 2. The van der Waals surface area contributed by atoms with Crippen molar-refractivity contribution >= 4 is 34.0 Å². The second-order valence-corrected chi connectivity index (χ2v) is 6.95. The van der Waals surface area contributed by atoms with Crippen LogP contribution in [-0.2, 0) is 21.3 Å². The Hall–Kier alpha value is -2.01. The molecule has 1 aromatic carbocycles. The Morgan fingerprint density at radius 1 is 1.50 bits per heavy atom. The van der Waals surface area contributed by atoms with Gasteiger partial charge in [-0.2, -0.15) is 21.6 Å². The molecule has 1 aliphatic heterocycles. The van der Waals surface area contributed by atoms with Gasteiger partial charge in [0.2, 0.25) is 5.60 Å². The van der Waals surface area contributed by atoms with E-state index in [0.717, 1.165) is 13.0 Å². The van der Waals surface area contributed by atoms with Gasteiger partial charge in [0, 0.05) is 12.0 Å². The highest BCUT2D eigenvalue weighted by Crippen LogP contribution is 2.47. The summed E-state index contributed by atoms with van der Waals surface area (Å²) in [6, 6.07) is 0.822. The van der Waals surface area contributed by atoms with E-state index >= 15 is 0 Å². The molecule has 0 aromatic heterocycles. The topological polar surface area (TPSA) is 107 Å². The number of carboxylic acid groups (broad SMARTS) is 1. The summed E-state index contributed by atoms with van der Waals surface area (Å²) < 4.78 is 69.1. The summed E-state index contributed by atoms with van der Waals surface area (Å²) in [4.78, 5) is 22.3. The van der Waals surface area contributed by atoms with Crippen LogP contribution in [0.4, 0.5) is 13.2 Å². The maximum Gasteiger partial charge on any atom is 0.534 e. The first-order valence-electron chi connectivity index (χ1n) is 6.06. The standard InChI is InChI=1S/C12H8ClF3O7S/c1-11(10(18)19)3-6-8(23-24(20,21)12(14,15)16)5(4-17)2-7(13)9(6)22-11/h2,4H,3H2,1H3,(H,18,19). The van der Waals surface area contributed by atoms with Crippen LogP contribution < -0.4 is 8.92 Å². The Morgan fingerprint density at radius 3 is 2.54 bits per heavy atom. The zero-order valence-corrected chi connectivity index (χ0v) is 13.3. The average molecular weight is 389 g/mol. The molecule has 0 bridgehead atoms. The fourth-order valence-electron chi connectivity index (χ4n) is 2.02. The van der Waals surface area contributed by atoms with Crippen molar-refractivity contribution in [1.82, 2.24) is 0 Å². The van der Waals surface area contributed by atoms with E-state index in [1.54, 1.807) is 0 Å². The minimum Gasteiger partial charge on any atom is -0.478 e. The summed E-state index contributed by atoms with van der Waals surface area (Å²) >= 11 is 5.81. The number of hydrogen-bond donors (Lipinski definition) is 1. The van der Waals surface area contributed by atoms with E-state index in [2.05, 4.69) is 4.18 Å². The van der Waals surface area contributed by atoms with Crippen molar-refractivity contribution in [2.24, 2.45) is 0 Å². The molecule has 7 nitrogen and oxygen atoms in total. The van der Waals surface area contributed by atoms with Gasteiger partial charge < -0.3 is 14.0 Å². The number of benzene rings is 1. The van der Waals surface area contributed by atoms with Crippen molar-refractivity contribution in [3.05, 3.63) is 22.2 Å². The second-order valence-electron chi connectivity index (χ2n) is 5.00. The van der Waals surface area contributed by atoms with E-state index in [1.807, 2.05) is 0 Å². The normalized spacial score (nSPS) is 20.2. The van der Waals surface area contributed by atoms with E-state index < -0.39 is 44.9 Å². The summed E-state index contributed by atoms with van der Waals surface area (Å²) in [5.41, 5.74) is -8.60. The summed E-state index contributed by atoms with van der Waals surface area (Å²) in [5.74, 6) is -2.79. The van der Waals surface area contributed by atoms with Crippen molar-refractivity contribution in [2.45, 2.75) is 24.5 Å². The Labute approximate surface area is 138 Å². The third-order valence-corrected chi connectivity index (χ3v) is 4.44. The van der Waals surface area contributed by atoms with Crippen LogP contribution in [0.1, 0.15) is 22.8 Å². The summed E-state index contributed by atoms with van der Waals surface area (Å²) in [6.45, 7) is 1.11. The van der Waals surface area contributed by atoms with E-state index in [4.69, 9.17) is 21.4 Å². The molecule has 0 spiro atoms. The largest absolute Gasteiger partial charge is 0.534 e. The number of aliphatic carboxylic acids is 1. The Morgan fingerprint density at radius 2 is 2.08 bits per heavy atom. The summed E-state index contributed by atoms with van der Waals surface area (Å²) in [5, 5.41) is 8.87. The molecular formula is C12H8ClF3O7S. The first-order valence-corrected chi connectivity index (χ1v) is 7.85. The third kappa shape index (κ3) is 2.88. The molecule has 1 unspecified atom stereocenters. The molecule has 2 rings (SSSR count). The van der Waals surface area contributed by atoms with Gasteiger partial charge in [-0.25, -0.2) is 4.79 Å². The SMILES string of the molecule is CC1(C(=O)O)Cc2c(c(Cl)cc(C=O)c2OS(=O)(=O)C(F)(F)F)O1. The minimum absolute atomic E-state index is 0.0316. The summed E-state index contributed by atoms with van der Waals surface area (Å²) in [6.07, 6.45) is -0.522. The van der Waals surface area contributed by atoms with Crippen LogP contribution in [0.3, 0.4) is 0 Å². The van der Waals surface area contributed by atoms with Gasteiger partial charge in [0.15, 0.2) is 12.0 Å². The number of aldehydes is 1. The predicted molar refractivity (Wildman–Crippen MR) is 72.8 cm³/mol. The summed E-state index contributed by atoms with van der Waals surface area (Å²) in [7, 11) is -6.08. The highest BCUT2D eigenvalue weighted by molar-refractivity contribution is 7.88. The number of carboxylic acids is 1. The van der Waals surface area contributed by atoms with Crippen LogP contribution in [0.15, 0.2) is 6.07 Å². The van der Waals surface area contributed by atoms with Crippen LogP contribution in [0.2, 0.25) is 5.02 Å². The molecule has 1 N–H and O–H groups in total. The molecule has 0 aliphatic carbocycles. The Balaban J connectivity index is 2.65. The average Bonchev–Trinajstić information content (AvgIpc) is 2.80. The van der Waals surface area contributed by atoms with Gasteiger partial charge in [-0.15, -0.1) is 0 Å². The molecule has 0 radical (unpaired) electrons. The van der Waals surface area contributed by atoms with E-state index in [1.165, 1.54) is 0 Å². The molecule has 0 fully saturated rings. The molecule has 1 atom stereocenters. The van der Waals surface area contributed by atoms with Crippen LogP contribution in [0.25, 0.3) is 0 Å². The first kappa shape index (κ1) is 18.3. The monoisotopic (exact) mass is 388 g/mol. The van der Waals surface area contributed by atoms with E-state index in [9.17, 15) is 31.2 Å². The highest BCUT2D eigenvalue weighted by atomic mass is 35.5. The van der Waals surface area contributed by atoms with Gasteiger partial charge in [-0.3, -0.25) is 4.79 Å². The van der Waals surface area contributed by atoms with Crippen molar-refractivity contribution in [2.75, 3.05) is 0 Å². The smallest absolute Gasteiger partial charge is 0.478 e. The maximum absolute atomic E-state index is 12.5. The number of hydrogen-bond acceptors (Lipinski definition) is 6. The van der Waals surface area contributed by atoms with E-state index in [-0.39, 0.29) is 22.6 Å². The van der Waals surface area contributed by atoms with Crippen LogP contribution in [0, 0.1) is 0 Å². The second kappa shape index (κ2) is 5.52. The number of fused-ring (bicyclic) bond motifs is 1. The molecule has 0 saturated carbocycles. The first-order chi connectivity index (χ1) is 10.8. The van der Waals surface area contributed by atoms with Crippen molar-refractivity contribution < 1.29 is 45.2 Å². The van der Waals surface area contributed by atoms with Crippen LogP contribution >= 0.6 is 11.6 Å². The van der Waals surface area contributed by atoms with Gasteiger partial charge in [0.1, 0.15) is 5.75 Å². The lowest BCUT2D eigenvalue weighted by molar-refractivity contribution is -0.152. The zero-order chi connectivity index (χ0) is 18.5. The van der Waals surface area contributed by atoms with Crippen molar-refractivity contribution in [3.8, 4) is 11.5 Å².